The molecule has 2 aromatic carbocycles. The van der Waals surface area contributed by atoms with Crippen molar-refractivity contribution in [1.29, 1.82) is 0 Å². The van der Waals surface area contributed by atoms with Gasteiger partial charge in [0.05, 0.1) is 50.1 Å². The lowest BCUT2D eigenvalue weighted by Crippen LogP contribution is -2.07. The maximum Gasteiger partial charge on any atom is 0.338 e. The summed E-state index contributed by atoms with van der Waals surface area (Å²) in [6.07, 6.45) is 0. The summed E-state index contributed by atoms with van der Waals surface area (Å²) < 4.78 is 4.40. The van der Waals surface area contributed by atoms with E-state index in [4.69, 9.17) is 5.11 Å². The Morgan fingerprint density at radius 1 is 0.727 bits per heavy atom. The van der Waals surface area contributed by atoms with Crippen molar-refractivity contribution >= 4 is 34.7 Å². The number of carbonyl (C=O) groups excluding carboxylic acids is 1. The fourth-order valence-corrected chi connectivity index (χ4v) is 2.50. The van der Waals surface area contributed by atoms with Gasteiger partial charge in [-0.25, -0.2) is 9.59 Å². The molecular weight excluding hydrogens is 452 g/mol. The van der Waals surface area contributed by atoms with Gasteiger partial charge in [0.1, 0.15) is 0 Å². The molecule has 0 aliphatic rings. The number of esters is 1. The average molecular weight is 466 g/mol. The van der Waals surface area contributed by atoms with Crippen LogP contribution in [0.3, 0.4) is 0 Å². The molecule has 2 aromatic rings. The molecule has 0 amide bonds. The van der Waals surface area contributed by atoms with Gasteiger partial charge < -0.3 is 9.84 Å². The molecule has 0 fully saturated rings. The number of aromatic carboxylic acids is 1. The second-order valence-electron chi connectivity index (χ2n) is 6.10. The van der Waals surface area contributed by atoms with Crippen LogP contribution >= 0.6 is 0 Å². The van der Waals surface area contributed by atoms with Gasteiger partial charge in [0.25, 0.3) is 22.7 Å². The maximum atomic E-state index is 11.3. The Hall–Kier alpha value is -5.02. The number of nitro benzene ring substituents is 4. The van der Waals surface area contributed by atoms with Gasteiger partial charge in [-0.1, -0.05) is 0 Å². The van der Waals surface area contributed by atoms with E-state index in [1.165, 1.54) is 13.8 Å². The van der Waals surface area contributed by atoms with E-state index >= 15 is 0 Å². The Kier molecular flexibility index (Phi) is 8.15. The molecule has 16 nitrogen and oxygen atoms in total. The predicted octanol–water partition coefficient (Wildman–Crippen LogP) is 3.11. The van der Waals surface area contributed by atoms with E-state index in [2.05, 4.69) is 4.74 Å². The quantitative estimate of drug-likeness (QED) is 0.367. The van der Waals surface area contributed by atoms with Gasteiger partial charge in [0.15, 0.2) is 0 Å². The van der Waals surface area contributed by atoms with Crippen LogP contribution in [0, 0.1) is 54.3 Å². The monoisotopic (exact) mass is 466 g/mol. The molecule has 33 heavy (non-hydrogen) atoms. The van der Waals surface area contributed by atoms with Crippen molar-refractivity contribution in [3.8, 4) is 0 Å². The Labute approximate surface area is 182 Å². The first kappa shape index (κ1) is 26.0. The highest BCUT2D eigenvalue weighted by atomic mass is 16.6. The smallest absolute Gasteiger partial charge is 0.338 e. The zero-order chi connectivity index (χ0) is 25.6. The summed E-state index contributed by atoms with van der Waals surface area (Å²) in [6.45, 7) is 2.55. The summed E-state index contributed by atoms with van der Waals surface area (Å²) in [4.78, 5) is 61.0. The van der Waals surface area contributed by atoms with Gasteiger partial charge in [0, 0.05) is 23.3 Å². The van der Waals surface area contributed by atoms with Gasteiger partial charge in [0.2, 0.25) is 0 Å². The minimum atomic E-state index is -1.44. The van der Waals surface area contributed by atoms with E-state index in [0.29, 0.717) is 0 Å². The number of hydrogen-bond acceptors (Lipinski definition) is 11. The molecule has 0 radical (unpaired) electrons. The summed E-state index contributed by atoms with van der Waals surface area (Å²) in [5.74, 6) is -2.29. The van der Waals surface area contributed by atoms with Crippen LogP contribution in [0.15, 0.2) is 24.3 Å². The van der Waals surface area contributed by atoms with Gasteiger partial charge in [-0.2, -0.15) is 0 Å². The molecule has 0 aromatic heterocycles. The SMILES string of the molecule is COC(=O)c1cc([N+](=O)[O-])cc([N+](=O)[O-])c1C.Cc1c(C(=O)O)cc([N+](=O)[O-])cc1[N+](=O)[O-]. The molecule has 174 valence electrons. The number of nitro groups is 4. The molecule has 0 unspecified atom stereocenters. The number of nitrogens with zero attached hydrogens (tertiary/aromatic N) is 4. The molecule has 0 aliphatic heterocycles. The molecule has 2 rings (SSSR count). The summed E-state index contributed by atoms with van der Waals surface area (Å²) in [6, 6.07) is 3.29. The molecule has 0 bridgehead atoms. The molecule has 16 heteroatoms. The van der Waals surface area contributed by atoms with Gasteiger partial charge in [-0.15, -0.1) is 0 Å². The van der Waals surface area contributed by atoms with Crippen LogP contribution in [0.2, 0.25) is 0 Å². The molecule has 0 saturated heterocycles. The number of carbonyl (C=O) groups is 2. The predicted molar refractivity (Wildman–Crippen MR) is 107 cm³/mol. The van der Waals surface area contributed by atoms with E-state index in [0.717, 1.165) is 31.4 Å². The third-order valence-corrected chi connectivity index (χ3v) is 4.18. The highest BCUT2D eigenvalue weighted by Crippen LogP contribution is 2.29. The summed E-state index contributed by atoms with van der Waals surface area (Å²) in [5, 5.41) is 51.0. The summed E-state index contributed by atoms with van der Waals surface area (Å²) >= 11 is 0. The number of carboxylic acids is 1. The van der Waals surface area contributed by atoms with Crippen molar-refractivity contribution in [2.45, 2.75) is 13.8 Å². The summed E-state index contributed by atoms with van der Waals surface area (Å²) in [5.41, 5.74) is -2.91. The van der Waals surface area contributed by atoms with Crippen LogP contribution in [0.1, 0.15) is 31.8 Å². The fraction of sp³-hybridized carbons (Fsp3) is 0.176. The lowest BCUT2D eigenvalue weighted by atomic mass is 10.1. The second kappa shape index (κ2) is 10.3. The highest BCUT2D eigenvalue weighted by Gasteiger charge is 2.25. The topological polar surface area (TPSA) is 236 Å². The maximum absolute atomic E-state index is 11.3. The first-order chi connectivity index (χ1) is 15.2. The molecule has 0 spiro atoms. The third-order valence-electron chi connectivity index (χ3n) is 4.18. The van der Waals surface area contributed by atoms with E-state index in [1.54, 1.807) is 0 Å². The number of ether oxygens (including phenoxy) is 1. The van der Waals surface area contributed by atoms with Crippen molar-refractivity contribution in [3.05, 3.63) is 87.0 Å². The second-order valence-corrected chi connectivity index (χ2v) is 6.10. The van der Waals surface area contributed by atoms with Crippen molar-refractivity contribution < 1.29 is 39.1 Å². The van der Waals surface area contributed by atoms with E-state index in [-0.39, 0.29) is 16.7 Å². The number of hydrogen-bond donors (Lipinski definition) is 1. The van der Waals surface area contributed by atoms with Crippen LogP contribution < -0.4 is 0 Å². The normalized spacial score (nSPS) is 9.79. The van der Waals surface area contributed by atoms with Crippen molar-refractivity contribution in [3.63, 3.8) is 0 Å². The van der Waals surface area contributed by atoms with Gasteiger partial charge in [-0.05, 0) is 13.8 Å². The van der Waals surface area contributed by atoms with Gasteiger partial charge in [-0.3, -0.25) is 40.5 Å². The minimum Gasteiger partial charge on any atom is -0.478 e. The van der Waals surface area contributed by atoms with E-state index < -0.39 is 59.9 Å². The lowest BCUT2D eigenvalue weighted by Gasteiger charge is -2.04. The average Bonchev–Trinajstić information content (AvgIpc) is 2.72. The van der Waals surface area contributed by atoms with Crippen LogP contribution in [0.5, 0.6) is 0 Å². The number of benzene rings is 2. The van der Waals surface area contributed by atoms with Crippen LogP contribution in [-0.2, 0) is 4.74 Å². The standard InChI is InChI=1S/C9H8N2O6.C8H6N2O6/c1-5-7(9(12)17-2)3-6(10(13)14)4-8(5)11(15)16;1-4-6(8(11)12)2-5(9(13)14)3-7(4)10(15)16/h3-4H,1-2H3;2-3H,1H3,(H,11,12). The molecule has 1 N–H and O–H groups in total. The zero-order valence-corrected chi connectivity index (χ0v) is 17.0. The molecule has 0 atom stereocenters. The number of carboxylic acid groups (broad SMARTS) is 1. The summed E-state index contributed by atoms with van der Waals surface area (Å²) in [7, 11) is 1.09. The fourth-order valence-electron chi connectivity index (χ4n) is 2.50. The first-order valence-corrected chi connectivity index (χ1v) is 8.41. The Morgan fingerprint density at radius 2 is 1.09 bits per heavy atom. The van der Waals surface area contributed by atoms with E-state index in [1.807, 2.05) is 0 Å². The number of methoxy groups -OCH3 is 1. The van der Waals surface area contributed by atoms with Crippen LogP contribution in [0.25, 0.3) is 0 Å². The zero-order valence-electron chi connectivity index (χ0n) is 17.0. The Balaban J connectivity index is 0.000000331. The largest absolute Gasteiger partial charge is 0.478 e. The lowest BCUT2D eigenvalue weighted by molar-refractivity contribution is -0.394. The Bertz CT molecular complexity index is 1160. The minimum absolute atomic E-state index is 0.0347. The molecular formula is C17H14N4O12. The molecule has 0 aliphatic carbocycles. The third kappa shape index (κ3) is 6.00. The van der Waals surface area contributed by atoms with Crippen LogP contribution in [-0.4, -0.2) is 43.8 Å². The Morgan fingerprint density at radius 3 is 1.39 bits per heavy atom. The van der Waals surface area contributed by atoms with Crippen molar-refractivity contribution in [1.82, 2.24) is 0 Å². The van der Waals surface area contributed by atoms with Crippen molar-refractivity contribution in [2.75, 3.05) is 7.11 Å². The number of rotatable bonds is 6. The number of non-ortho nitro benzene ring substituents is 2. The van der Waals surface area contributed by atoms with Crippen molar-refractivity contribution in [2.24, 2.45) is 0 Å². The molecule has 0 heterocycles. The van der Waals surface area contributed by atoms with E-state index in [9.17, 15) is 50.0 Å². The highest BCUT2D eigenvalue weighted by molar-refractivity contribution is 5.93. The van der Waals surface area contributed by atoms with Gasteiger partial charge >= 0.3 is 11.9 Å². The van der Waals surface area contributed by atoms with Crippen LogP contribution in [0.4, 0.5) is 22.7 Å². The molecule has 0 saturated carbocycles. The first-order valence-electron chi connectivity index (χ1n) is 8.41.